The zero-order valence-corrected chi connectivity index (χ0v) is 15.4. The number of hydrogen-bond acceptors (Lipinski definition) is 6. The first-order valence-electron chi connectivity index (χ1n) is 8.98. The Balaban J connectivity index is 1.75. The number of methoxy groups -OCH3 is 1. The van der Waals surface area contributed by atoms with E-state index in [0.29, 0.717) is 12.9 Å². The molecular formula is C19H23BN2O4. The summed E-state index contributed by atoms with van der Waals surface area (Å²) in [5.41, 5.74) is 3.57. The smallest absolute Gasteiger partial charge is 0.454 e. The van der Waals surface area contributed by atoms with Gasteiger partial charge >= 0.3 is 7.12 Å². The highest BCUT2D eigenvalue weighted by Crippen LogP contribution is 2.44. The SMILES string of the molecule is COc1ccc(-c2cncc([C@@H]3COB(O)C3)n2)c2c1OC(C)(C)CC2. The molecule has 3 heterocycles. The number of ether oxygens (including phenoxy) is 2. The van der Waals surface area contributed by atoms with Gasteiger partial charge in [0, 0.05) is 29.8 Å². The second kappa shape index (κ2) is 6.56. The third kappa shape index (κ3) is 3.17. The summed E-state index contributed by atoms with van der Waals surface area (Å²) in [7, 11) is 0.946. The minimum atomic E-state index is -0.713. The van der Waals surface area contributed by atoms with Crippen molar-refractivity contribution < 1.29 is 19.2 Å². The summed E-state index contributed by atoms with van der Waals surface area (Å²) in [5.74, 6) is 1.61. The summed E-state index contributed by atoms with van der Waals surface area (Å²) in [5, 5.41) is 9.61. The molecular weight excluding hydrogens is 331 g/mol. The average Bonchev–Trinajstić information content (AvgIpc) is 3.06. The molecule has 1 saturated heterocycles. The largest absolute Gasteiger partial charge is 0.493 e. The van der Waals surface area contributed by atoms with E-state index in [2.05, 4.69) is 18.8 Å². The Kier molecular flexibility index (Phi) is 4.36. The predicted molar refractivity (Wildman–Crippen MR) is 98.5 cm³/mol. The van der Waals surface area contributed by atoms with E-state index in [1.54, 1.807) is 19.5 Å². The van der Waals surface area contributed by atoms with Crippen LogP contribution in [-0.4, -0.2) is 41.4 Å². The van der Waals surface area contributed by atoms with Crippen molar-refractivity contribution in [1.82, 2.24) is 9.97 Å². The fourth-order valence-electron chi connectivity index (χ4n) is 3.64. The molecule has 0 radical (unpaired) electrons. The summed E-state index contributed by atoms with van der Waals surface area (Å²) in [6, 6.07) is 3.94. The lowest BCUT2D eigenvalue weighted by Crippen LogP contribution is -2.33. The van der Waals surface area contributed by atoms with Gasteiger partial charge < -0.3 is 19.2 Å². The molecule has 0 amide bonds. The van der Waals surface area contributed by atoms with E-state index in [1.165, 1.54) is 0 Å². The van der Waals surface area contributed by atoms with Crippen LogP contribution in [-0.2, 0) is 11.1 Å². The Morgan fingerprint density at radius 1 is 1.31 bits per heavy atom. The van der Waals surface area contributed by atoms with E-state index in [4.69, 9.17) is 19.1 Å². The van der Waals surface area contributed by atoms with Gasteiger partial charge in [-0.25, -0.2) is 4.98 Å². The number of aromatic nitrogens is 2. The van der Waals surface area contributed by atoms with Crippen molar-refractivity contribution in [3.05, 3.63) is 35.8 Å². The number of benzene rings is 1. The third-order valence-electron chi connectivity index (χ3n) is 5.12. The van der Waals surface area contributed by atoms with Crippen LogP contribution >= 0.6 is 0 Å². The first kappa shape index (κ1) is 17.3. The van der Waals surface area contributed by atoms with Crippen LogP contribution in [0.15, 0.2) is 24.5 Å². The highest BCUT2D eigenvalue weighted by molar-refractivity contribution is 6.43. The van der Waals surface area contributed by atoms with Gasteiger partial charge in [0.15, 0.2) is 11.5 Å². The van der Waals surface area contributed by atoms with Crippen molar-refractivity contribution in [2.45, 2.75) is 44.5 Å². The van der Waals surface area contributed by atoms with E-state index < -0.39 is 7.12 Å². The first-order valence-corrected chi connectivity index (χ1v) is 8.98. The quantitative estimate of drug-likeness (QED) is 0.855. The number of rotatable bonds is 3. The van der Waals surface area contributed by atoms with Crippen molar-refractivity contribution in [3.63, 3.8) is 0 Å². The molecule has 136 valence electrons. The molecule has 1 fully saturated rings. The topological polar surface area (TPSA) is 73.7 Å². The molecule has 4 rings (SSSR count). The van der Waals surface area contributed by atoms with Gasteiger partial charge in [-0.15, -0.1) is 0 Å². The van der Waals surface area contributed by atoms with E-state index in [9.17, 15) is 5.02 Å². The zero-order valence-electron chi connectivity index (χ0n) is 15.4. The minimum absolute atomic E-state index is 0.0710. The lowest BCUT2D eigenvalue weighted by molar-refractivity contribution is 0.0806. The van der Waals surface area contributed by atoms with Crippen molar-refractivity contribution in [2.24, 2.45) is 0 Å². The molecule has 1 aromatic carbocycles. The van der Waals surface area contributed by atoms with Gasteiger partial charge in [0.25, 0.3) is 0 Å². The monoisotopic (exact) mass is 354 g/mol. The predicted octanol–water partition coefficient (Wildman–Crippen LogP) is 2.85. The molecule has 7 heteroatoms. The Morgan fingerprint density at radius 2 is 2.15 bits per heavy atom. The number of nitrogens with zero attached hydrogens (tertiary/aromatic N) is 2. The molecule has 0 aliphatic carbocycles. The molecule has 1 atom stereocenters. The molecule has 0 spiro atoms. The molecule has 6 nitrogen and oxygen atoms in total. The van der Waals surface area contributed by atoms with Crippen LogP contribution in [0.5, 0.6) is 11.5 Å². The Hall–Kier alpha value is -2.12. The lowest BCUT2D eigenvalue weighted by atomic mass is 9.81. The van der Waals surface area contributed by atoms with Crippen LogP contribution in [0.4, 0.5) is 0 Å². The maximum absolute atomic E-state index is 9.61. The third-order valence-corrected chi connectivity index (χ3v) is 5.12. The molecule has 2 aromatic rings. The average molecular weight is 354 g/mol. The van der Waals surface area contributed by atoms with Crippen molar-refractivity contribution in [1.29, 1.82) is 0 Å². The summed E-state index contributed by atoms with van der Waals surface area (Å²) in [6.45, 7) is 4.65. The van der Waals surface area contributed by atoms with E-state index >= 15 is 0 Å². The number of fused-ring (bicyclic) bond motifs is 1. The lowest BCUT2D eigenvalue weighted by Gasteiger charge is -2.34. The Labute approximate surface area is 153 Å². The zero-order chi connectivity index (χ0) is 18.3. The molecule has 1 aromatic heterocycles. The summed E-state index contributed by atoms with van der Waals surface area (Å²) in [4.78, 5) is 9.19. The standard InChI is InChI=1S/C19H23BN2O4/c1-19(2)7-6-14-13(4-5-17(24-3)18(14)26-19)16-10-21-9-15(22-16)12-8-20(23)25-11-12/h4-5,9-10,12,23H,6-8,11H2,1-3H3/t12-/m0/s1. The summed E-state index contributed by atoms with van der Waals surface area (Å²) in [6.07, 6.45) is 5.90. The Morgan fingerprint density at radius 3 is 2.88 bits per heavy atom. The molecule has 0 unspecified atom stereocenters. The van der Waals surface area contributed by atoms with E-state index in [-0.39, 0.29) is 11.5 Å². The molecule has 1 N–H and O–H groups in total. The minimum Gasteiger partial charge on any atom is -0.493 e. The second-order valence-electron chi connectivity index (χ2n) is 7.53. The summed E-state index contributed by atoms with van der Waals surface area (Å²) < 4.78 is 17.0. The van der Waals surface area contributed by atoms with Crippen LogP contribution in [0.3, 0.4) is 0 Å². The summed E-state index contributed by atoms with van der Waals surface area (Å²) >= 11 is 0. The van der Waals surface area contributed by atoms with Gasteiger partial charge in [0.2, 0.25) is 0 Å². The van der Waals surface area contributed by atoms with Crippen LogP contribution in [0.1, 0.15) is 37.4 Å². The molecule has 26 heavy (non-hydrogen) atoms. The highest BCUT2D eigenvalue weighted by Gasteiger charge is 2.33. The Bertz CT molecular complexity index is 827. The van der Waals surface area contributed by atoms with Gasteiger partial charge in [-0.05, 0) is 45.1 Å². The first-order chi connectivity index (χ1) is 12.5. The number of hydrogen-bond donors (Lipinski definition) is 1. The second-order valence-corrected chi connectivity index (χ2v) is 7.53. The van der Waals surface area contributed by atoms with Crippen molar-refractivity contribution in [3.8, 4) is 22.8 Å². The van der Waals surface area contributed by atoms with Gasteiger partial charge in [-0.2, -0.15) is 0 Å². The van der Waals surface area contributed by atoms with Gasteiger partial charge in [-0.1, -0.05) is 0 Å². The maximum Gasteiger partial charge on any atom is 0.454 e. The van der Waals surface area contributed by atoms with Crippen LogP contribution in [0.2, 0.25) is 6.32 Å². The van der Waals surface area contributed by atoms with Crippen LogP contribution in [0.25, 0.3) is 11.3 Å². The molecule has 2 aliphatic heterocycles. The molecule has 2 aliphatic rings. The molecule has 0 saturated carbocycles. The van der Waals surface area contributed by atoms with Crippen LogP contribution in [0, 0.1) is 0 Å². The highest BCUT2D eigenvalue weighted by atomic mass is 16.5. The normalized spacial score (nSPS) is 21.2. The maximum atomic E-state index is 9.61. The van der Waals surface area contributed by atoms with Gasteiger partial charge in [-0.3, -0.25) is 4.98 Å². The van der Waals surface area contributed by atoms with Gasteiger partial charge in [0.1, 0.15) is 5.60 Å². The van der Waals surface area contributed by atoms with E-state index in [0.717, 1.165) is 46.9 Å². The van der Waals surface area contributed by atoms with Crippen molar-refractivity contribution in [2.75, 3.05) is 13.7 Å². The fourth-order valence-corrected chi connectivity index (χ4v) is 3.64. The van der Waals surface area contributed by atoms with E-state index in [1.807, 2.05) is 12.1 Å². The van der Waals surface area contributed by atoms with Crippen LogP contribution < -0.4 is 9.47 Å². The van der Waals surface area contributed by atoms with Crippen molar-refractivity contribution >= 4 is 7.12 Å². The van der Waals surface area contributed by atoms with Gasteiger partial charge in [0.05, 0.1) is 24.7 Å². The fraction of sp³-hybridized carbons (Fsp3) is 0.474. The molecule has 0 bridgehead atoms.